The molecule has 5 rings (SSSR count). The quantitative estimate of drug-likeness (QED) is 0.344. The van der Waals surface area contributed by atoms with E-state index in [9.17, 15) is 0 Å². The maximum Gasteiger partial charge on any atom is 0.0717 e. The number of rotatable bonds is 6. The predicted octanol–water partition coefficient (Wildman–Crippen LogP) is 8.85. The Hall–Kier alpha value is 0.320. The van der Waals surface area contributed by atoms with Crippen LogP contribution in [-0.2, 0) is 11.5 Å². The molecule has 5 heterocycles. The van der Waals surface area contributed by atoms with Crippen molar-refractivity contribution in [1.29, 1.82) is 0 Å². The van der Waals surface area contributed by atoms with Crippen LogP contribution in [0.1, 0.15) is 17.5 Å². The van der Waals surface area contributed by atoms with Crippen LogP contribution in [0.4, 0.5) is 0 Å². The Morgan fingerprint density at radius 3 is 1.55 bits per heavy atom. The third kappa shape index (κ3) is 6.26. The SMILES string of the molecule is c1cc(CSC2=C(SCc3ccncc3)SC(=C3SC4=C(SCCCS4)S3)S2)ccn1. The highest BCUT2D eigenvalue weighted by Gasteiger charge is 2.31. The number of aromatic nitrogens is 2. The lowest BCUT2D eigenvalue weighted by atomic mass is 10.3. The van der Waals surface area contributed by atoms with Crippen LogP contribution in [0, 0.1) is 0 Å². The van der Waals surface area contributed by atoms with Gasteiger partial charge in [0.2, 0.25) is 0 Å². The molecule has 0 atom stereocenters. The van der Waals surface area contributed by atoms with Gasteiger partial charge in [0, 0.05) is 36.3 Å². The molecule has 0 aromatic carbocycles. The van der Waals surface area contributed by atoms with Crippen molar-refractivity contribution in [2.45, 2.75) is 17.9 Å². The molecule has 2 nitrogen and oxygen atoms in total. The van der Waals surface area contributed by atoms with Gasteiger partial charge in [0.05, 0.1) is 25.4 Å². The highest BCUT2D eigenvalue weighted by molar-refractivity contribution is 8.45. The fourth-order valence-corrected chi connectivity index (χ4v) is 14.8. The van der Waals surface area contributed by atoms with Gasteiger partial charge < -0.3 is 0 Å². The zero-order chi connectivity index (χ0) is 20.9. The van der Waals surface area contributed by atoms with Crippen LogP contribution in [-0.4, -0.2) is 21.5 Å². The summed E-state index contributed by atoms with van der Waals surface area (Å²) in [4.78, 5) is 8.30. The van der Waals surface area contributed by atoms with E-state index >= 15 is 0 Å². The van der Waals surface area contributed by atoms with Crippen LogP contribution in [0.2, 0.25) is 0 Å². The van der Waals surface area contributed by atoms with Gasteiger partial charge >= 0.3 is 0 Å². The number of pyridine rings is 2. The van der Waals surface area contributed by atoms with Crippen molar-refractivity contribution in [3.63, 3.8) is 0 Å². The van der Waals surface area contributed by atoms with Crippen molar-refractivity contribution >= 4 is 94.1 Å². The Balaban J connectivity index is 1.31. The fourth-order valence-electron chi connectivity index (χ4n) is 2.71. The minimum absolute atomic E-state index is 0.980. The third-order valence-corrected chi connectivity index (χ3v) is 16.1. The van der Waals surface area contributed by atoms with Gasteiger partial charge in [-0.2, -0.15) is 0 Å². The van der Waals surface area contributed by atoms with Gasteiger partial charge in [-0.15, -0.1) is 47.0 Å². The lowest BCUT2D eigenvalue weighted by molar-refractivity contribution is 1.13. The van der Waals surface area contributed by atoms with Crippen molar-refractivity contribution in [2.24, 2.45) is 0 Å². The molecule has 0 fully saturated rings. The molecule has 2 aromatic heterocycles. The van der Waals surface area contributed by atoms with E-state index in [0.29, 0.717) is 0 Å². The normalized spacial score (nSPS) is 19.2. The number of hydrogen-bond acceptors (Lipinski definition) is 10. The minimum atomic E-state index is 0.980. The van der Waals surface area contributed by atoms with E-state index in [4.69, 9.17) is 0 Å². The maximum absolute atomic E-state index is 4.15. The molecule has 0 unspecified atom stereocenters. The third-order valence-electron chi connectivity index (χ3n) is 4.24. The number of nitrogens with zero attached hydrogens (tertiary/aromatic N) is 2. The van der Waals surface area contributed by atoms with E-state index in [1.807, 2.05) is 119 Å². The van der Waals surface area contributed by atoms with E-state index in [1.165, 1.54) is 54.5 Å². The van der Waals surface area contributed by atoms with Crippen LogP contribution in [0.5, 0.6) is 0 Å². The molecule has 3 aliphatic heterocycles. The maximum atomic E-state index is 4.15. The van der Waals surface area contributed by atoms with Gasteiger partial charge in [-0.05, 0) is 53.3 Å². The molecule has 160 valence electrons. The van der Waals surface area contributed by atoms with Gasteiger partial charge in [-0.1, -0.05) is 47.0 Å². The minimum Gasteiger partial charge on any atom is -0.265 e. The molecular weight excluding hydrogens is 537 g/mol. The summed E-state index contributed by atoms with van der Waals surface area (Å²) in [6, 6.07) is 8.45. The Kier molecular flexibility index (Phi) is 8.67. The smallest absolute Gasteiger partial charge is 0.0717 e. The zero-order valence-corrected chi connectivity index (χ0v) is 22.8. The second-order valence-corrected chi connectivity index (χ2v) is 16.3. The Morgan fingerprint density at radius 1 is 0.613 bits per heavy atom. The van der Waals surface area contributed by atoms with Crippen LogP contribution >= 0.6 is 94.1 Å². The average molecular weight is 555 g/mol. The fraction of sp³-hybridized carbons (Fsp3) is 0.238. The standard InChI is InChI=1S/C21H18N2S8/c1-10-24-16-17(25-11-1)29-20(28-16)21-30-18(26-12-14-2-6-22-7-3-14)19(31-21)27-13-15-4-8-23-9-5-15/h2-9H,1,10-13H2. The van der Waals surface area contributed by atoms with Crippen molar-refractivity contribution in [2.75, 3.05) is 11.5 Å². The van der Waals surface area contributed by atoms with E-state index in [1.54, 1.807) is 0 Å². The summed E-state index contributed by atoms with van der Waals surface area (Å²) in [5.74, 6) is 4.46. The lowest BCUT2D eigenvalue weighted by Gasteiger charge is -2.05. The molecule has 10 heteroatoms. The van der Waals surface area contributed by atoms with Crippen molar-refractivity contribution in [3.8, 4) is 0 Å². The molecule has 31 heavy (non-hydrogen) atoms. The molecule has 0 saturated carbocycles. The second kappa shape index (κ2) is 11.6. The Bertz CT molecular complexity index is 943. The van der Waals surface area contributed by atoms with Gasteiger partial charge in [0.25, 0.3) is 0 Å². The lowest BCUT2D eigenvalue weighted by Crippen LogP contribution is -1.82. The molecule has 0 amide bonds. The average Bonchev–Trinajstić information content (AvgIpc) is 3.35. The first-order chi connectivity index (χ1) is 15.3. The monoisotopic (exact) mass is 554 g/mol. The zero-order valence-electron chi connectivity index (χ0n) is 16.3. The van der Waals surface area contributed by atoms with E-state index in [2.05, 4.69) is 34.2 Å². The summed E-state index contributed by atoms with van der Waals surface area (Å²) in [6.07, 6.45) is 8.84. The van der Waals surface area contributed by atoms with Gasteiger partial charge in [-0.25, -0.2) is 0 Å². The number of hydrogen-bond donors (Lipinski definition) is 0. The summed E-state index contributed by atoms with van der Waals surface area (Å²) >= 11 is 15.9. The van der Waals surface area contributed by atoms with Crippen LogP contribution in [0.25, 0.3) is 0 Å². The first-order valence-electron chi connectivity index (χ1n) is 9.58. The van der Waals surface area contributed by atoms with Gasteiger partial charge in [0.1, 0.15) is 0 Å². The Morgan fingerprint density at radius 2 is 1.06 bits per heavy atom. The van der Waals surface area contributed by atoms with Gasteiger partial charge in [0.15, 0.2) is 0 Å². The second-order valence-electron chi connectivity index (χ2n) is 6.47. The predicted molar refractivity (Wildman–Crippen MR) is 152 cm³/mol. The first kappa shape index (κ1) is 23.1. The van der Waals surface area contributed by atoms with Crippen LogP contribution in [0.3, 0.4) is 0 Å². The highest BCUT2D eigenvalue weighted by Crippen LogP contribution is 2.66. The topological polar surface area (TPSA) is 25.8 Å². The molecule has 0 N–H and O–H groups in total. The van der Waals surface area contributed by atoms with Crippen molar-refractivity contribution in [1.82, 2.24) is 9.97 Å². The van der Waals surface area contributed by atoms with E-state index < -0.39 is 0 Å². The summed E-state index contributed by atoms with van der Waals surface area (Å²) in [5, 5.41) is 0. The summed E-state index contributed by atoms with van der Waals surface area (Å²) in [5.41, 5.74) is 2.65. The molecule has 0 radical (unpaired) electrons. The first-order valence-corrected chi connectivity index (χ1v) is 16.8. The molecular formula is C21H18N2S8. The molecule has 0 bridgehead atoms. The Labute approximate surface area is 217 Å². The van der Waals surface area contributed by atoms with Gasteiger partial charge in [-0.3, -0.25) is 9.97 Å². The summed E-state index contributed by atoms with van der Waals surface area (Å²) in [7, 11) is 0. The van der Waals surface area contributed by atoms with Crippen LogP contribution in [0.15, 0.2) is 74.5 Å². The summed E-state index contributed by atoms with van der Waals surface area (Å²) in [6.45, 7) is 0. The van der Waals surface area contributed by atoms with Crippen molar-refractivity contribution in [3.05, 3.63) is 85.6 Å². The van der Waals surface area contributed by atoms with E-state index in [-0.39, 0.29) is 0 Å². The largest absolute Gasteiger partial charge is 0.265 e. The molecule has 0 spiro atoms. The molecule has 0 saturated heterocycles. The van der Waals surface area contributed by atoms with E-state index in [0.717, 1.165) is 11.5 Å². The molecule has 3 aliphatic rings. The highest BCUT2D eigenvalue weighted by atomic mass is 32.3. The summed E-state index contributed by atoms with van der Waals surface area (Å²) < 4.78 is 8.86. The molecule has 0 aliphatic carbocycles. The van der Waals surface area contributed by atoms with Crippen LogP contribution < -0.4 is 0 Å². The number of thioether (sulfide) groups is 8. The molecule has 2 aromatic rings. The van der Waals surface area contributed by atoms with Crippen molar-refractivity contribution < 1.29 is 0 Å².